The summed E-state index contributed by atoms with van der Waals surface area (Å²) in [6, 6.07) is 0.982. The van der Waals surface area contributed by atoms with Gasteiger partial charge in [-0.3, -0.25) is 0 Å². The monoisotopic (exact) mass is 183 g/mol. The molecule has 0 N–H and O–H groups in total. The third-order valence-electron chi connectivity index (χ3n) is 3.23. The van der Waals surface area contributed by atoms with E-state index in [1.807, 2.05) is 6.79 Å². The van der Waals surface area contributed by atoms with Gasteiger partial charge in [0, 0.05) is 6.04 Å². The van der Waals surface area contributed by atoms with Crippen molar-refractivity contribution in [2.45, 2.75) is 51.0 Å². The van der Waals surface area contributed by atoms with E-state index in [4.69, 9.17) is 4.79 Å². The van der Waals surface area contributed by atoms with Gasteiger partial charge in [-0.25, -0.2) is 0 Å². The molecule has 1 saturated heterocycles. The average Bonchev–Trinajstić information content (AvgIpc) is 2.75. The third kappa shape index (κ3) is 3.11. The Balaban J connectivity index is 0.000000396. The topological polar surface area (TPSA) is 20.3 Å². The Morgan fingerprint density at radius 2 is 1.38 bits per heavy atom. The maximum atomic E-state index is 8.00. The van der Waals surface area contributed by atoms with E-state index in [1.54, 1.807) is 0 Å². The molecule has 0 spiro atoms. The van der Waals surface area contributed by atoms with E-state index in [0.717, 1.165) is 6.04 Å². The van der Waals surface area contributed by atoms with E-state index >= 15 is 0 Å². The van der Waals surface area contributed by atoms with Crippen LogP contribution >= 0.6 is 0 Å². The minimum atomic E-state index is 0.982. The summed E-state index contributed by atoms with van der Waals surface area (Å²) in [7, 11) is 0. The van der Waals surface area contributed by atoms with Crippen molar-refractivity contribution < 1.29 is 4.79 Å². The Morgan fingerprint density at radius 3 is 1.92 bits per heavy atom. The molecule has 2 aliphatic rings. The smallest absolute Gasteiger partial charge is 0.106 e. The summed E-state index contributed by atoms with van der Waals surface area (Å²) in [6.07, 6.45) is 10.3. The third-order valence-corrected chi connectivity index (χ3v) is 3.23. The van der Waals surface area contributed by atoms with Crippen LogP contribution in [-0.4, -0.2) is 30.8 Å². The fraction of sp³-hybridized carbons (Fsp3) is 0.909. The largest absolute Gasteiger partial charge is 0.307 e. The molecule has 76 valence electrons. The van der Waals surface area contributed by atoms with Crippen molar-refractivity contribution in [3.63, 3.8) is 0 Å². The molecule has 0 unspecified atom stereocenters. The molecule has 0 aromatic heterocycles. The Labute approximate surface area is 81.3 Å². The Hall–Kier alpha value is -0.370. The van der Waals surface area contributed by atoms with Crippen molar-refractivity contribution in [3.05, 3.63) is 0 Å². The van der Waals surface area contributed by atoms with Gasteiger partial charge in [-0.15, -0.1) is 0 Å². The van der Waals surface area contributed by atoms with Crippen LogP contribution in [0.25, 0.3) is 0 Å². The molecule has 2 nitrogen and oxygen atoms in total. The number of hydrogen-bond acceptors (Lipinski definition) is 2. The summed E-state index contributed by atoms with van der Waals surface area (Å²) in [5, 5.41) is 0. The maximum Gasteiger partial charge on any atom is 0.106 e. The molecule has 2 fully saturated rings. The molecule has 1 heterocycles. The highest BCUT2D eigenvalue weighted by Gasteiger charge is 2.23. The minimum Gasteiger partial charge on any atom is -0.307 e. The van der Waals surface area contributed by atoms with E-state index in [9.17, 15) is 0 Å². The van der Waals surface area contributed by atoms with Gasteiger partial charge in [0.25, 0.3) is 0 Å². The van der Waals surface area contributed by atoms with Gasteiger partial charge in [-0.05, 0) is 38.8 Å². The highest BCUT2D eigenvalue weighted by Crippen LogP contribution is 2.25. The van der Waals surface area contributed by atoms with Crippen LogP contribution < -0.4 is 0 Å². The average molecular weight is 183 g/mol. The second kappa shape index (κ2) is 6.14. The first-order valence-corrected chi connectivity index (χ1v) is 5.50. The van der Waals surface area contributed by atoms with Crippen LogP contribution in [0.3, 0.4) is 0 Å². The van der Waals surface area contributed by atoms with E-state index in [-0.39, 0.29) is 0 Å². The van der Waals surface area contributed by atoms with Crippen molar-refractivity contribution in [1.82, 2.24) is 4.90 Å². The summed E-state index contributed by atoms with van der Waals surface area (Å²) in [6.45, 7) is 4.79. The molecule has 0 aromatic carbocycles. The summed E-state index contributed by atoms with van der Waals surface area (Å²) in [5.41, 5.74) is 0. The van der Waals surface area contributed by atoms with Gasteiger partial charge in [0.2, 0.25) is 0 Å². The van der Waals surface area contributed by atoms with E-state index < -0.39 is 0 Å². The molecule has 1 aliphatic carbocycles. The second-order valence-corrected chi connectivity index (χ2v) is 4.03. The zero-order valence-corrected chi connectivity index (χ0v) is 8.50. The number of likely N-dealkylation sites (tertiary alicyclic amines) is 1. The molecule has 0 amide bonds. The van der Waals surface area contributed by atoms with Gasteiger partial charge < -0.3 is 9.69 Å². The Bertz CT molecular complexity index is 126. The molecule has 13 heavy (non-hydrogen) atoms. The Morgan fingerprint density at radius 1 is 0.846 bits per heavy atom. The Kier molecular flexibility index (Phi) is 5.06. The summed E-state index contributed by atoms with van der Waals surface area (Å²) < 4.78 is 0. The molecule has 1 saturated carbocycles. The molecule has 2 rings (SSSR count). The van der Waals surface area contributed by atoms with Gasteiger partial charge in [0.15, 0.2) is 0 Å². The van der Waals surface area contributed by atoms with Crippen LogP contribution in [0.15, 0.2) is 0 Å². The number of hydrogen-bond donors (Lipinski definition) is 0. The summed E-state index contributed by atoms with van der Waals surface area (Å²) in [5.74, 6) is 0. The van der Waals surface area contributed by atoms with Crippen LogP contribution in [0.5, 0.6) is 0 Å². The number of carbonyl (C=O) groups is 1. The molecule has 0 radical (unpaired) electrons. The normalized spacial score (nSPS) is 25.2. The quantitative estimate of drug-likeness (QED) is 0.621. The number of rotatable bonds is 1. The summed E-state index contributed by atoms with van der Waals surface area (Å²) >= 11 is 0. The molecule has 0 bridgehead atoms. The number of carbonyl (C=O) groups excluding carboxylic acids is 1. The minimum absolute atomic E-state index is 0.982. The lowest BCUT2D eigenvalue weighted by molar-refractivity contribution is -0.0979. The second-order valence-electron chi connectivity index (χ2n) is 4.03. The molecule has 0 atom stereocenters. The van der Waals surface area contributed by atoms with Gasteiger partial charge in [-0.1, -0.05) is 19.3 Å². The van der Waals surface area contributed by atoms with Crippen LogP contribution in [0.4, 0.5) is 0 Å². The predicted octanol–water partition coefficient (Wildman–Crippen LogP) is 2.23. The fourth-order valence-electron chi connectivity index (χ4n) is 2.55. The lowest BCUT2D eigenvalue weighted by atomic mass is 10.1. The molecular weight excluding hydrogens is 162 g/mol. The standard InChI is InChI=1S/C10H19N.CH2O/c1-4-8-11(9-5-1)10-6-2-3-7-10;1-2/h10H,1-9H2;1H2. The van der Waals surface area contributed by atoms with Crippen molar-refractivity contribution >= 4 is 6.79 Å². The van der Waals surface area contributed by atoms with Crippen molar-refractivity contribution in [2.75, 3.05) is 13.1 Å². The first-order chi connectivity index (χ1) is 6.47. The van der Waals surface area contributed by atoms with E-state index in [0.29, 0.717) is 0 Å². The highest BCUT2D eigenvalue weighted by molar-refractivity contribution is 5.10. The molecule has 1 aliphatic heterocycles. The van der Waals surface area contributed by atoms with Gasteiger partial charge in [-0.2, -0.15) is 0 Å². The molecule has 0 aromatic rings. The first kappa shape index (κ1) is 10.7. The fourth-order valence-corrected chi connectivity index (χ4v) is 2.55. The first-order valence-electron chi connectivity index (χ1n) is 5.50. The van der Waals surface area contributed by atoms with Crippen LogP contribution in [-0.2, 0) is 4.79 Å². The lowest BCUT2D eigenvalue weighted by Gasteiger charge is -2.31. The van der Waals surface area contributed by atoms with Gasteiger partial charge in [0.05, 0.1) is 0 Å². The van der Waals surface area contributed by atoms with Crippen molar-refractivity contribution in [2.24, 2.45) is 0 Å². The van der Waals surface area contributed by atoms with Crippen LogP contribution in [0.2, 0.25) is 0 Å². The lowest BCUT2D eigenvalue weighted by Crippen LogP contribution is -2.37. The predicted molar refractivity (Wildman–Crippen MR) is 54.8 cm³/mol. The zero-order valence-electron chi connectivity index (χ0n) is 8.50. The van der Waals surface area contributed by atoms with E-state index in [2.05, 4.69) is 4.90 Å². The van der Waals surface area contributed by atoms with Crippen molar-refractivity contribution in [3.8, 4) is 0 Å². The number of piperidine rings is 1. The van der Waals surface area contributed by atoms with Crippen LogP contribution in [0, 0.1) is 0 Å². The maximum absolute atomic E-state index is 8.00. The number of nitrogens with zero attached hydrogens (tertiary/aromatic N) is 1. The van der Waals surface area contributed by atoms with Crippen LogP contribution in [0.1, 0.15) is 44.9 Å². The van der Waals surface area contributed by atoms with Gasteiger partial charge in [0.1, 0.15) is 6.79 Å². The SMILES string of the molecule is C1CCN(C2CCCC2)CC1.C=O. The highest BCUT2D eigenvalue weighted by atomic mass is 16.1. The summed E-state index contributed by atoms with van der Waals surface area (Å²) in [4.78, 5) is 10.7. The van der Waals surface area contributed by atoms with Crippen molar-refractivity contribution in [1.29, 1.82) is 0 Å². The zero-order chi connectivity index (χ0) is 9.52. The molecular formula is C11H21NO. The van der Waals surface area contributed by atoms with E-state index in [1.165, 1.54) is 58.0 Å². The van der Waals surface area contributed by atoms with Gasteiger partial charge >= 0.3 is 0 Å². The molecule has 2 heteroatoms.